The van der Waals surface area contributed by atoms with Crippen molar-refractivity contribution in [1.82, 2.24) is 0 Å². The Labute approximate surface area is 197 Å². The minimum Gasteiger partial charge on any atom is -0.460 e. The van der Waals surface area contributed by atoms with Gasteiger partial charge in [0.05, 0.1) is 6.61 Å². The molecule has 0 aromatic rings. The van der Waals surface area contributed by atoms with E-state index >= 15 is 0 Å². The highest BCUT2D eigenvalue weighted by Gasteiger charge is 2.69. The van der Waals surface area contributed by atoms with Crippen LogP contribution in [0.15, 0.2) is 12.2 Å². The Balaban J connectivity index is 6.37. The molecule has 0 spiro atoms. The van der Waals surface area contributed by atoms with E-state index < -0.39 is 54.2 Å². The quantitative estimate of drug-likeness (QED) is 0.129. The molecular formula is C19H48O6Si6. The van der Waals surface area contributed by atoms with Crippen molar-refractivity contribution in [3.8, 4) is 0 Å². The molecule has 0 heterocycles. The molecule has 0 N–H and O–H groups in total. The van der Waals surface area contributed by atoms with Crippen LogP contribution in [0, 0.1) is 0 Å². The number of hydrogen-bond donors (Lipinski definition) is 0. The monoisotopic (exact) mass is 540 g/mol. The maximum Gasteiger partial charge on any atom is 0.348 e. The van der Waals surface area contributed by atoms with Gasteiger partial charge in [-0.25, -0.2) is 4.79 Å². The minimum atomic E-state index is -2.95. The molecule has 0 saturated carbocycles. The first-order chi connectivity index (χ1) is 13.4. The largest absolute Gasteiger partial charge is 0.460 e. The summed E-state index contributed by atoms with van der Waals surface area (Å²) in [6, 6.07) is 0. The molecular weight excluding hydrogens is 493 g/mol. The lowest BCUT2D eigenvalue weighted by Crippen LogP contribution is -2.83. The smallest absolute Gasteiger partial charge is 0.348 e. The summed E-state index contributed by atoms with van der Waals surface area (Å²) in [6.45, 7) is 34.7. The summed E-state index contributed by atoms with van der Waals surface area (Å²) in [4.78, 5) is 11.9. The Kier molecular flexibility index (Phi) is 10.9. The Morgan fingerprint density at radius 2 is 1.00 bits per heavy atom. The van der Waals surface area contributed by atoms with E-state index in [0.717, 1.165) is 0 Å². The van der Waals surface area contributed by atoms with Crippen molar-refractivity contribution in [3.63, 3.8) is 0 Å². The lowest BCUT2D eigenvalue weighted by atomic mass is 10.4. The van der Waals surface area contributed by atoms with E-state index in [0.29, 0.717) is 5.57 Å². The molecule has 0 saturated heterocycles. The average molecular weight is 541 g/mol. The van der Waals surface area contributed by atoms with Gasteiger partial charge in [0.25, 0.3) is 0 Å². The predicted octanol–water partition coefficient (Wildman–Crippen LogP) is 5.69. The Morgan fingerprint density at radius 1 is 0.645 bits per heavy atom. The van der Waals surface area contributed by atoms with Gasteiger partial charge in [-0.3, -0.25) is 0 Å². The summed E-state index contributed by atoms with van der Waals surface area (Å²) >= 11 is 0. The molecule has 0 aliphatic heterocycles. The maximum atomic E-state index is 11.9. The molecule has 0 rings (SSSR count). The third-order valence-corrected chi connectivity index (χ3v) is 45.4. The van der Waals surface area contributed by atoms with Crippen LogP contribution >= 0.6 is 0 Å². The maximum absolute atomic E-state index is 11.9. The molecule has 12 heteroatoms. The van der Waals surface area contributed by atoms with Gasteiger partial charge in [0, 0.05) is 5.57 Å². The van der Waals surface area contributed by atoms with Crippen molar-refractivity contribution in [2.45, 2.75) is 92.0 Å². The summed E-state index contributed by atoms with van der Waals surface area (Å²) in [7, 11) is -13.6. The van der Waals surface area contributed by atoms with Gasteiger partial charge in [-0.2, -0.15) is 0 Å². The molecule has 0 aromatic heterocycles. The zero-order valence-electron chi connectivity index (χ0n) is 22.6. The van der Waals surface area contributed by atoms with Crippen LogP contribution in [0.25, 0.3) is 0 Å². The normalized spacial score (nSPS) is 14.5. The fourth-order valence-electron chi connectivity index (χ4n) is 3.89. The van der Waals surface area contributed by atoms with Crippen molar-refractivity contribution in [2.75, 3.05) is 13.2 Å². The molecule has 0 radical (unpaired) electrons. The van der Waals surface area contributed by atoms with Gasteiger partial charge in [0.2, 0.25) is 15.7 Å². The molecule has 0 aliphatic carbocycles. The Bertz CT molecular complexity index is 603. The number of esters is 1. The number of carbonyl (C=O) groups excluding carboxylic acids is 1. The van der Waals surface area contributed by atoms with E-state index in [1.165, 1.54) is 0 Å². The second kappa shape index (κ2) is 10.7. The van der Waals surface area contributed by atoms with Gasteiger partial charge in [0.1, 0.15) is 6.61 Å². The third kappa shape index (κ3) is 10.4. The summed E-state index contributed by atoms with van der Waals surface area (Å²) in [6.07, 6.45) is 0. The summed E-state index contributed by atoms with van der Waals surface area (Å²) in [5.74, 6) is -0.397. The number of hydrogen-bond acceptors (Lipinski definition) is 6. The Hall–Kier alpha value is 0.351. The lowest BCUT2D eigenvalue weighted by molar-refractivity contribution is -0.139. The molecule has 6 nitrogen and oxygen atoms in total. The fourth-order valence-corrected chi connectivity index (χ4v) is 66.1. The van der Waals surface area contributed by atoms with Crippen LogP contribution in [0.1, 0.15) is 6.92 Å². The number of carbonyl (C=O) groups is 1. The van der Waals surface area contributed by atoms with Crippen molar-refractivity contribution in [3.05, 3.63) is 12.2 Å². The van der Waals surface area contributed by atoms with Gasteiger partial charge < -0.3 is 21.5 Å². The Morgan fingerprint density at radius 3 is 1.29 bits per heavy atom. The molecule has 31 heavy (non-hydrogen) atoms. The second-order valence-corrected chi connectivity index (χ2v) is 47.4. The van der Waals surface area contributed by atoms with Crippen LogP contribution in [0.4, 0.5) is 0 Å². The number of ether oxygens (including phenoxy) is 1. The molecule has 0 aromatic carbocycles. The molecule has 184 valence electrons. The van der Waals surface area contributed by atoms with E-state index in [1.54, 1.807) is 6.92 Å². The minimum absolute atomic E-state index is 0.171. The molecule has 0 atom stereocenters. The van der Waals surface area contributed by atoms with Crippen molar-refractivity contribution >= 4 is 54.2 Å². The molecule has 0 unspecified atom stereocenters. The van der Waals surface area contributed by atoms with Crippen LogP contribution in [0.3, 0.4) is 0 Å². The zero-order valence-corrected chi connectivity index (χ0v) is 28.6. The van der Waals surface area contributed by atoms with Gasteiger partial charge in [-0.15, -0.1) is 0 Å². The average Bonchev–Trinajstić information content (AvgIpc) is 2.43. The summed E-state index contributed by atoms with van der Waals surface area (Å²) < 4.78 is 33.1. The van der Waals surface area contributed by atoms with Crippen LogP contribution < -0.4 is 0 Å². The van der Waals surface area contributed by atoms with E-state index in [2.05, 4.69) is 91.7 Å². The van der Waals surface area contributed by atoms with Crippen LogP contribution in [-0.4, -0.2) is 67.4 Å². The predicted molar refractivity (Wildman–Crippen MR) is 146 cm³/mol. The molecule has 0 fully saturated rings. The molecule has 0 aliphatic rings. The van der Waals surface area contributed by atoms with Gasteiger partial charge in [-0.05, 0) is 92.0 Å². The number of rotatable bonds is 13. The first-order valence-electron chi connectivity index (χ1n) is 11.0. The highest BCUT2D eigenvalue weighted by Crippen LogP contribution is 2.38. The van der Waals surface area contributed by atoms with Crippen LogP contribution in [-0.2, 0) is 26.3 Å². The molecule has 0 bridgehead atoms. The zero-order chi connectivity index (χ0) is 25.1. The summed E-state index contributed by atoms with van der Waals surface area (Å²) in [5.41, 5.74) is 0.385. The lowest BCUT2D eigenvalue weighted by Gasteiger charge is -2.54. The van der Waals surface area contributed by atoms with E-state index in [9.17, 15) is 4.79 Å². The SMILES string of the molecule is C=C(C)C(=O)OCCO[Si](O[Si](C)(C)C)([Si](C)(C)O[Si](C)(C)C)[Si](C)(C)O[Si](C)(C)C. The first kappa shape index (κ1) is 31.4. The first-order valence-corrected chi connectivity index (χ1v) is 30.9. The van der Waals surface area contributed by atoms with Crippen molar-refractivity contribution in [1.29, 1.82) is 0 Å². The van der Waals surface area contributed by atoms with E-state index in [-0.39, 0.29) is 13.2 Å². The highest BCUT2D eigenvalue weighted by atomic mass is 29.7. The standard InChI is InChI=1S/C19H48O6Si6/c1-18(2)19(20)21-16-17-22-31(25-28(9,10)11,29(12,13)23-26(3,4)5)30(14,15)24-27(6,7)8/h1,16-17H2,2-15H3. The van der Waals surface area contributed by atoms with E-state index in [4.69, 9.17) is 21.5 Å². The molecule has 0 amide bonds. The van der Waals surface area contributed by atoms with Crippen LogP contribution in [0.5, 0.6) is 0 Å². The topological polar surface area (TPSA) is 63.2 Å². The second-order valence-electron chi connectivity index (χ2n) is 12.0. The highest BCUT2D eigenvalue weighted by molar-refractivity contribution is 7.63. The third-order valence-electron chi connectivity index (χ3n) is 4.13. The fraction of sp³-hybridized carbons (Fsp3) is 0.842. The van der Waals surface area contributed by atoms with Gasteiger partial charge >= 0.3 is 13.6 Å². The van der Waals surface area contributed by atoms with Crippen molar-refractivity contribution in [2.24, 2.45) is 0 Å². The van der Waals surface area contributed by atoms with E-state index in [1.807, 2.05) is 0 Å². The van der Waals surface area contributed by atoms with Crippen LogP contribution in [0.2, 0.25) is 85.1 Å². The van der Waals surface area contributed by atoms with Gasteiger partial charge in [0.15, 0.2) is 25.0 Å². The van der Waals surface area contributed by atoms with Crippen molar-refractivity contribution < 1.29 is 26.3 Å². The summed E-state index contributed by atoms with van der Waals surface area (Å²) in [5, 5.41) is 0. The van der Waals surface area contributed by atoms with Gasteiger partial charge in [-0.1, -0.05) is 6.58 Å².